The van der Waals surface area contributed by atoms with Gasteiger partial charge in [0.1, 0.15) is 12.4 Å². The Kier molecular flexibility index (Phi) is 8.24. The molecular formula is C24H31N5O4. The summed E-state index contributed by atoms with van der Waals surface area (Å²) in [7, 11) is 0. The summed E-state index contributed by atoms with van der Waals surface area (Å²) in [6.07, 6.45) is 1.73. The molecule has 3 heterocycles. The molecule has 0 radical (unpaired) electrons. The van der Waals surface area contributed by atoms with Gasteiger partial charge in [-0.15, -0.1) is 0 Å². The predicted octanol–water partition coefficient (Wildman–Crippen LogP) is 2.16. The van der Waals surface area contributed by atoms with Crippen LogP contribution < -0.4 is 10.3 Å². The number of benzene rings is 1. The number of morpholine rings is 2. The lowest BCUT2D eigenvalue weighted by molar-refractivity contribution is 0.0193. The molecule has 4 rings (SSSR count). The van der Waals surface area contributed by atoms with Crippen LogP contribution in [0.3, 0.4) is 0 Å². The van der Waals surface area contributed by atoms with Gasteiger partial charge in [0.05, 0.1) is 32.6 Å². The van der Waals surface area contributed by atoms with E-state index < -0.39 is 5.97 Å². The molecule has 9 heteroatoms. The third kappa shape index (κ3) is 6.98. The number of rotatable bonds is 8. The van der Waals surface area contributed by atoms with Crippen LogP contribution in [0.4, 0.5) is 11.5 Å². The Hall–Kier alpha value is -3.01. The van der Waals surface area contributed by atoms with Crippen molar-refractivity contribution in [2.24, 2.45) is 5.10 Å². The van der Waals surface area contributed by atoms with Crippen LogP contribution in [0.5, 0.6) is 0 Å². The van der Waals surface area contributed by atoms with Crippen LogP contribution in [0.15, 0.2) is 41.5 Å². The minimum atomic E-state index is -0.441. The number of anilines is 2. The minimum Gasteiger partial charge on any atom is -0.460 e. The van der Waals surface area contributed by atoms with Crippen molar-refractivity contribution in [3.05, 3.63) is 53.2 Å². The molecule has 1 aromatic heterocycles. The minimum absolute atomic E-state index is 0.259. The van der Waals surface area contributed by atoms with Crippen molar-refractivity contribution in [2.75, 3.05) is 76.1 Å². The Morgan fingerprint density at radius 1 is 1.12 bits per heavy atom. The molecule has 0 atom stereocenters. The van der Waals surface area contributed by atoms with Crippen molar-refractivity contribution in [3.63, 3.8) is 0 Å². The number of hydrogen-bond acceptors (Lipinski definition) is 9. The number of hydrazone groups is 1. The van der Waals surface area contributed by atoms with E-state index in [0.717, 1.165) is 56.2 Å². The fraction of sp³-hybridized carbons (Fsp3) is 0.458. The maximum atomic E-state index is 12.8. The zero-order chi connectivity index (χ0) is 22.9. The van der Waals surface area contributed by atoms with Crippen molar-refractivity contribution in [3.8, 4) is 0 Å². The standard InChI is InChI=1S/C24H31N5O4/c1-19-3-2-4-20(15-19)18-25-27-23-17-21(29-8-12-32-13-9-29)16-22(26-23)24(30)33-14-7-28-5-10-31-11-6-28/h2-4,15-18H,5-14H2,1H3,(H,26,27)/b25-18+. The van der Waals surface area contributed by atoms with Gasteiger partial charge in [-0.25, -0.2) is 9.78 Å². The van der Waals surface area contributed by atoms with Crippen molar-refractivity contribution in [1.82, 2.24) is 9.88 Å². The van der Waals surface area contributed by atoms with Crippen LogP contribution in [-0.2, 0) is 14.2 Å². The van der Waals surface area contributed by atoms with Gasteiger partial charge in [0.15, 0.2) is 5.69 Å². The normalized spacial score (nSPS) is 17.3. The molecule has 9 nitrogen and oxygen atoms in total. The van der Waals surface area contributed by atoms with Gasteiger partial charge in [-0.05, 0) is 18.6 Å². The molecule has 0 spiro atoms. The van der Waals surface area contributed by atoms with E-state index in [0.29, 0.717) is 32.2 Å². The number of ether oxygens (including phenoxy) is 3. The topological polar surface area (TPSA) is 88.5 Å². The van der Waals surface area contributed by atoms with Gasteiger partial charge < -0.3 is 19.1 Å². The van der Waals surface area contributed by atoms with E-state index in [1.165, 1.54) is 0 Å². The second kappa shape index (κ2) is 11.7. The molecule has 0 saturated carbocycles. The molecular weight excluding hydrogens is 422 g/mol. The lowest BCUT2D eigenvalue weighted by Gasteiger charge is -2.29. The first-order valence-electron chi connectivity index (χ1n) is 11.4. The quantitative estimate of drug-likeness (QED) is 0.370. The second-order valence-corrected chi connectivity index (χ2v) is 8.07. The molecule has 1 aromatic carbocycles. The summed E-state index contributed by atoms with van der Waals surface area (Å²) in [5, 5.41) is 4.31. The van der Waals surface area contributed by atoms with E-state index >= 15 is 0 Å². The Labute approximate surface area is 194 Å². The molecule has 2 aromatic rings. The molecule has 0 amide bonds. The molecule has 2 fully saturated rings. The zero-order valence-electron chi connectivity index (χ0n) is 19.0. The monoisotopic (exact) mass is 453 g/mol. The SMILES string of the molecule is Cc1cccc(/C=N/Nc2cc(N3CCOCC3)cc(C(=O)OCCN3CCOCC3)n2)c1. The fourth-order valence-electron chi connectivity index (χ4n) is 3.77. The molecule has 0 unspecified atom stereocenters. The number of aromatic nitrogens is 1. The number of carbonyl (C=O) groups excluding carboxylic acids is 1. The van der Waals surface area contributed by atoms with Crippen LogP contribution in [-0.4, -0.2) is 87.8 Å². The summed E-state index contributed by atoms with van der Waals surface area (Å²) in [6, 6.07) is 11.7. The summed E-state index contributed by atoms with van der Waals surface area (Å²) in [4.78, 5) is 21.6. The smallest absolute Gasteiger partial charge is 0.357 e. The van der Waals surface area contributed by atoms with Crippen molar-refractivity contribution in [2.45, 2.75) is 6.92 Å². The van der Waals surface area contributed by atoms with Crippen LogP contribution in [0.1, 0.15) is 21.6 Å². The Balaban J connectivity index is 1.44. The number of hydrogen-bond donors (Lipinski definition) is 1. The van der Waals surface area contributed by atoms with E-state index in [4.69, 9.17) is 14.2 Å². The van der Waals surface area contributed by atoms with Gasteiger partial charge in [-0.2, -0.15) is 5.10 Å². The molecule has 0 aliphatic carbocycles. The molecule has 176 valence electrons. The molecule has 2 aliphatic heterocycles. The Morgan fingerprint density at radius 3 is 2.64 bits per heavy atom. The largest absolute Gasteiger partial charge is 0.460 e. The van der Waals surface area contributed by atoms with Crippen LogP contribution in [0.2, 0.25) is 0 Å². The molecule has 0 bridgehead atoms. The van der Waals surface area contributed by atoms with E-state index in [9.17, 15) is 4.79 Å². The van der Waals surface area contributed by atoms with E-state index in [2.05, 4.69) is 25.3 Å². The summed E-state index contributed by atoms with van der Waals surface area (Å²) < 4.78 is 16.3. The average Bonchev–Trinajstić information content (AvgIpc) is 2.85. The molecule has 2 saturated heterocycles. The highest BCUT2D eigenvalue weighted by Crippen LogP contribution is 2.21. The average molecular weight is 454 g/mol. The summed E-state index contributed by atoms with van der Waals surface area (Å²) in [5.74, 6) is 0.0482. The number of nitrogens with zero attached hydrogens (tertiary/aromatic N) is 4. The number of aryl methyl sites for hydroxylation is 1. The highest BCUT2D eigenvalue weighted by molar-refractivity contribution is 5.89. The highest BCUT2D eigenvalue weighted by Gasteiger charge is 2.18. The van der Waals surface area contributed by atoms with E-state index in [-0.39, 0.29) is 5.69 Å². The van der Waals surface area contributed by atoms with E-state index in [1.807, 2.05) is 37.3 Å². The summed E-state index contributed by atoms with van der Waals surface area (Å²) >= 11 is 0. The zero-order valence-corrected chi connectivity index (χ0v) is 19.0. The lowest BCUT2D eigenvalue weighted by atomic mass is 10.2. The van der Waals surface area contributed by atoms with Gasteiger partial charge >= 0.3 is 5.97 Å². The third-order valence-corrected chi connectivity index (χ3v) is 5.57. The van der Waals surface area contributed by atoms with Crippen LogP contribution >= 0.6 is 0 Å². The molecule has 33 heavy (non-hydrogen) atoms. The molecule has 1 N–H and O–H groups in total. The van der Waals surface area contributed by atoms with Crippen molar-refractivity contribution < 1.29 is 19.0 Å². The maximum Gasteiger partial charge on any atom is 0.357 e. The maximum absolute atomic E-state index is 12.8. The van der Waals surface area contributed by atoms with Crippen molar-refractivity contribution in [1.29, 1.82) is 0 Å². The van der Waals surface area contributed by atoms with Gasteiger partial charge in [-0.3, -0.25) is 10.3 Å². The van der Waals surface area contributed by atoms with Gasteiger partial charge in [0.25, 0.3) is 0 Å². The van der Waals surface area contributed by atoms with E-state index in [1.54, 1.807) is 12.3 Å². The first kappa shape index (κ1) is 23.2. The number of pyridine rings is 1. The first-order valence-corrected chi connectivity index (χ1v) is 11.4. The third-order valence-electron chi connectivity index (χ3n) is 5.57. The second-order valence-electron chi connectivity index (χ2n) is 8.07. The predicted molar refractivity (Wildman–Crippen MR) is 127 cm³/mol. The number of esters is 1. The highest BCUT2D eigenvalue weighted by atomic mass is 16.5. The van der Waals surface area contributed by atoms with Gasteiger partial charge in [0.2, 0.25) is 0 Å². The number of nitrogens with one attached hydrogen (secondary N) is 1. The summed E-state index contributed by atoms with van der Waals surface area (Å²) in [6.45, 7) is 8.99. The molecule has 2 aliphatic rings. The lowest BCUT2D eigenvalue weighted by Crippen LogP contribution is -2.38. The fourth-order valence-corrected chi connectivity index (χ4v) is 3.77. The number of carbonyl (C=O) groups is 1. The van der Waals surface area contributed by atoms with Crippen molar-refractivity contribution >= 4 is 23.7 Å². The van der Waals surface area contributed by atoms with Gasteiger partial charge in [-0.1, -0.05) is 29.8 Å². The van der Waals surface area contributed by atoms with Gasteiger partial charge in [0, 0.05) is 44.5 Å². The summed E-state index contributed by atoms with van der Waals surface area (Å²) in [5.41, 5.74) is 6.26. The Morgan fingerprint density at radius 2 is 1.88 bits per heavy atom. The van der Waals surface area contributed by atoms with Crippen LogP contribution in [0.25, 0.3) is 0 Å². The Bertz CT molecular complexity index is 956. The van der Waals surface area contributed by atoms with Crippen LogP contribution in [0, 0.1) is 6.92 Å². The first-order chi connectivity index (χ1) is 16.2.